The van der Waals surface area contributed by atoms with Crippen molar-refractivity contribution >= 4 is 11.6 Å². The van der Waals surface area contributed by atoms with Gasteiger partial charge in [0.25, 0.3) is 0 Å². The summed E-state index contributed by atoms with van der Waals surface area (Å²) >= 11 is 5.83. The van der Waals surface area contributed by atoms with E-state index in [1.54, 1.807) is 0 Å². The second-order valence-electron chi connectivity index (χ2n) is 4.22. The zero-order valence-electron chi connectivity index (χ0n) is 9.91. The van der Waals surface area contributed by atoms with Gasteiger partial charge < -0.3 is 10.4 Å². The Morgan fingerprint density at radius 3 is 2.44 bits per heavy atom. The first kappa shape index (κ1) is 13.5. The summed E-state index contributed by atoms with van der Waals surface area (Å²) in [7, 11) is 0. The van der Waals surface area contributed by atoms with Gasteiger partial charge in [0.1, 0.15) is 0 Å². The molecule has 0 radical (unpaired) electrons. The highest BCUT2D eigenvalue weighted by molar-refractivity contribution is 6.30. The Kier molecular flexibility index (Phi) is 5.81. The van der Waals surface area contributed by atoms with Gasteiger partial charge in [-0.2, -0.15) is 0 Å². The lowest BCUT2D eigenvalue weighted by atomic mass is 10.1. The Bertz CT molecular complexity index is 297. The highest BCUT2D eigenvalue weighted by Crippen LogP contribution is 2.15. The maximum Gasteiger partial charge on any atom is 0.0512 e. The minimum atomic E-state index is -0.201. The molecular formula is C13H20ClNO. The van der Waals surface area contributed by atoms with Gasteiger partial charge in [0, 0.05) is 11.1 Å². The van der Waals surface area contributed by atoms with Gasteiger partial charge in [0.2, 0.25) is 0 Å². The van der Waals surface area contributed by atoms with E-state index in [2.05, 4.69) is 12.2 Å². The first-order chi connectivity index (χ1) is 7.59. The number of nitrogens with one attached hydrogen (secondary N) is 1. The maximum atomic E-state index is 9.12. The number of benzene rings is 1. The summed E-state index contributed by atoms with van der Waals surface area (Å²) in [6, 6.07) is 8.21. The Hall–Kier alpha value is -0.570. The Morgan fingerprint density at radius 2 is 1.88 bits per heavy atom. The highest BCUT2D eigenvalue weighted by Gasteiger charge is 2.04. The number of hydrogen-bond donors (Lipinski definition) is 2. The zero-order valence-corrected chi connectivity index (χ0v) is 10.7. The second-order valence-corrected chi connectivity index (χ2v) is 4.66. The number of rotatable bonds is 6. The summed E-state index contributed by atoms with van der Waals surface area (Å²) in [5, 5.41) is 13.3. The van der Waals surface area contributed by atoms with Crippen molar-refractivity contribution < 1.29 is 5.11 Å². The number of aliphatic hydroxyl groups excluding tert-OH is 1. The van der Waals surface area contributed by atoms with Gasteiger partial charge >= 0.3 is 0 Å². The van der Waals surface area contributed by atoms with E-state index in [4.69, 9.17) is 16.7 Å². The van der Waals surface area contributed by atoms with Crippen molar-refractivity contribution in [3.8, 4) is 0 Å². The number of halogens is 1. The molecule has 2 atom stereocenters. The van der Waals surface area contributed by atoms with Gasteiger partial charge in [-0.1, -0.05) is 23.7 Å². The van der Waals surface area contributed by atoms with Crippen LogP contribution in [0.1, 0.15) is 38.3 Å². The summed E-state index contributed by atoms with van der Waals surface area (Å²) < 4.78 is 0. The molecule has 0 saturated carbocycles. The van der Waals surface area contributed by atoms with Crippen molar-refractivity contribution in [2.45, 2.75) is 38.8 Å². The molecule has 0 aliphatic carbocycles. The molecule has 2 N–H and O–H groups in total. The second kappa shape index (κ2) is 6.89. The molecule has 16 heavy (non-hydrogen) atoms. The summed E-state index contributed by atoms with van der Waals surface area (Å²) in [6.07, 6.45) is 1.64. The largest absolute Gasteiger partial charge is 0.393 e. The molecule has 2 nitrogen and oxygen atoms in total. The molecule has 2 unspecified atom stereocenters. The van der Waals surface area contributed by atoms with Crippen molar-refractivity contribution in [3.63, 3.8) is 0 Å². The fraction of sp³-hybridized carbons (Fsp3) is 0.538. The monoisotopic (exact) mass is 241 g/mol. The van der Waals surface area contributed by atoms with Gasteiger partial charge in [-0.25, -0.2) is 0 Å². The molecule has 90 valence electrons. The predicted molar refractivity (Wildman–Crippen MR) is 68.8 cm³/mol. The van der Waals surface area contributed by atoms with E-state index in [-0.39, 0.29) is 6.10 Å². The van der Waals surface area contributed by atoms with Gasteiger partial charge in [-0.3, -0.25) is 0 Å². The SMILES string of the molecule is CC(O)CCCNC(C)c1ccc(Cl)cc1. The summed E-state index contributed by atoms with van der Waals surface area (Å²) in [6.45, 7) is 4.88. The molecule has 0 saturated heterocycles. The van der Waals surface area contributed by atoms with Crippen molar-refractivity contribution in [2.24, 2.45) is 0 Å². The van der Waals surface area contributed by atoms with E-state index in [0.717, 1.165) is 24.4 Å². The molecule has 0 amide bonds. The molecule has 0 spiro atoms. The zero-order chi connectivity index (χ0) is 12.0. The van der Waals surface area contributed by atoms with E-state index >= 15 is 0 Å². The fourth-order valence-electron chi connectivity index (χ4n) is 1.59. The molecule has 3 heteroatoms. The van der Waals surface area contributed by atoms with E-state index in [0.29, 0.717) is 6.04 Å². The maximum absolute atomic E-state index is 9.12. The first-order valence-corrected chi connectivity index (χ1v) is 6.14. The predicted octanol–water partition coefficient (Wildman–Crippen LogP) is 3.15. The lowest BCUT2D eigenvalue weighted by molar-refractivity contribution is 0.181. The van der Waals surface area contributed by atoms with E-state index in [1.165, 1.54) is 5.56 Å². The van der Waals surface area contributed by atoms with Crippen LogP contribution in [0, 0.1) is 0 Å². The lowest BCUT2D eigenvalue weighted by Crippen LogP contribution is -2.20. The molecule has 0 fully saturated rings. The summed E-state index contributed by atoms with van der Waals surface area (Å²) in [5.74, 6) is 0. The summed E-state index contributed by atoms with van der Waals surface area (Å²) in [4.78, 5) is 0. The third kappa shape index (κ3) is 4.97. The first-order valence-electron chi connectivity index (χ1n) is 5.76. The molecule has 1 aromatic carbocycles. The van der Waals surface area contributed by atoms with E-state index in [1.807, 2.05) is 31.2 Å². The third-order valence-corrected chi connectivity index (χ3v) is 2.87. The Morgan fingerprint density at radius 1 is 1.25 bits per heavy atom. The van der Waals surface area contributed by atoms with Crippen LogP contribution in [0.15, 0.2) is 24.3 Å². The van der Waals surface area contributed by atoms with Crippen molar-refractivity contribution in [1.29, 1.82) is 0 Å². The molecular weight excluding hydrogens is 222 g/mol. The van der Waals surface area contributed by atoms with Crippen LogP contribution in [0.5, 0.6) is 0 Å². The van der Waals surface area contributed by atoms with Crippen LogP contribution in [-0.4, -0.2) is 17.8 Å². The van der Waals surface area contributed by atoms with E-state index < -0.39 is 0 Å². The van der Waals surface area contributed by atoms with Crippen LogP contribution in [0.25, 0.3) is 0 Å². The Labute approximate surface area is 103 Å². The molecule has 0 aliphatic heterocycles. The third-order valence-electron chi connectivity index (χ3n) is 2.62. The van der Waals surface area contributed by atoms with Gasteiger partial charge in [-0.05, 0) is 50.9 Å². The van der Waals surface area contributed by atoms with E-state index in [9.17, 15) is 0 Å². The average Bonchev–Trinajstić information content (AvgIpc) is 2.25. The van der Waals surface area contributed by atoms with Crippen LogP contribution in [0.2, 0.25) is 5.02 Å². The van der Waals surface area contributed by atoms with Crippen LogP contribution in [0.4, 0.5) is 0 Å². The van der Waals surface area contributed by atoms with Crippen LogP contribution in [0.3, 0.4) is 0 Å². The topological polar surface area (TPSA) is 32.3 Å². The smallest absolute Gasteiger partial charge is 0.0512 e. The van der Waals surface area contributed by atoms with Crippen molar-refractivity contribution in [3.05, 3.63) is 34.9 Å². The van der Waals surface area contributed by atoms with Crippen LogP contribution < -0.4 is 5.32 Å². The van der Waals surface area contributed by atoms with Gasteiger partial charge in [-0.15, -0.1) is 0 Å². The molecule has 1 rings (SSSR count). The standard InChI is InChI=1S/C13H20ClNO/c1-10(16)4-3-9-15-11(2)12-5-7-13(14)8-6-12/h5-8,10-11,15-16H,3-4,9H2,1-2H3. The highest BCUT2D eigenvalue weighted by atomic mass is 35.5. The lowest BCUT2D eigenvalue weighted by Gasteiger charge is -2.14. The quantitative estimate of drug-likeness (QED) is 0.750. The minimum Gasteiger partial charge on any atom is -0.393 e. The number of aliphatic hydroxyl groups is 1. The average molecular weight is 242 g/mol. The fourth-order valence-corrected chi connectivity index (χ4v) is 1.71. The van der Waals surface area contributed by atoms with Gasteiger partial charge in [0.05, 0.1) is 6.10 Å². The number of hydrogen-bond acceptors (Lipinski definition) is 2. The molecule has 0 heterocycles. The molecule has 0 bridgehead atoms. The van der Waals surface area contributed by atoms with Crippen molar-refractivity contribution in [2.75, 3.05) is 6.54 Å². The van der Waals surface area contributed by atoms with Crippen LogP contribution in [-0.2, 0) is 0 Å². The van der Waals surface area contributed by atoms with Gasteiger partial charge in [0.15, 0.2) is 0 Å². The molecule has 0 aromatic heterocycles. The van der Waals surface area contributed by atoms with Crippen LogP contribution >= 0.6 is 11.6 Å². The summed E-state index contributed by atoms with van der Waals surface area (Å²) in [5.41, 5.74) is 1.24. The molecule has 1 aromatic rings. The Balaban J connectivity index is 2.29. The normalized spacial score (nSPS) is 14.8. The van der Waals surface area contributed by atoms with Crippen molar-refractivity contribution in [1.82, 2.24) is 5.32 Å². The molecule has 0 aliphatic rings. The minimum absolute atomic E-state index is 0.201.